The summed E-state index contributed by atoms with van der Waals surface area (Å²) in [6.07, 6.45) is 0. The standard InChI is InChI=1S/C30H21ClO8/c1-2-38-30(37)21-22(24(32)17-11-5-3-6-12-17)26(34)27(35)28(39-29(36)18-13-7-4-8-14-18)23(21)25(33)19-15-9-10-16-20(19)31/h3-16,34-35H,2H2,1H3. The molecule has 4 aromatic rings. The van der Waals surface area contributed by atoms with Gasteiger partial charge in [-0.3, -0.25) is 9.59 Å². The van der Waals surface area contributed by atoms with Gasteiger partial charge in [-0.05, 0) is 31.2 Å². The number of hydrogen-bond donors (Lipinski definition) is 2. The summed E-state index contributed by atoms with van der Waals surface area (Å²) in [7, 11) is 0. The molecule has 196 valence electrons. The summed E-state index contributed by atoms with van der Waals surface area (Å²) in [4.78, 5) is 53.8. The Balaban J connectivity index is 2.07. The molecule has 0 atom stereocenters. The van der Waals surface area contributed by atoms with Crippen molar-refractivity contribution in [2.75, 3.05) is 6.61 Å². The van der Waals surface area contributed by atoms with Gasteiger partial charge >= 0.3 is 11.9 Å². The van der Waals surface area contributed by atoms with Gasteiger partial charge < -0.3 is 19.7 Å². The molecule has 0 fully saturated rings. The fourth-order valence-corrected chi connectivity index (χ4v) is 4.11. The minimum Gasteiger partial charge on any atom is -0.504 e. The largest absolute Gasteiger partial charge is 0.504 e. The summed E-state index contributed by atoms with van der Waals surface area (Å²) in [6.45, 7) is 1.35. The lowest BCUT2D eigenvalue weighted by Crippen LogP contribution is -2.21. The van der Waals surface area contributed by atoms with Crippen LogP contribution in [0.3, 0.4) is 0 Å². The van der Waals surface area contributed by atoms with E-state index in [1.807, 2.05) is 0 Å². The molecule has 0 heterocycles. The van der Waals surface area contributed by atoms with Crippen LogP contribution >= 0.6 is 11.6 Å². The molecule has 0 amide bonds. The third-order valence-electron chi connectivity index (χ3n) is 5.70. The summed E-state index contributed by atoms with van der Waals surface area (Å²) >= 11 is 6.26. The smallest absolute Gasteiger partial charge is 0.343 e. The molecular weight excluding hydrogens is 524 g/mol. The molecule has 0 aliphatic rings. The maximum atomic E-state index is 13.9. The first-order valence-corrected chi connectivity index (χ1v) is 12.1. The Morgan fingerprint density at radius 2 is 1.23 bits per heavy atom. The Morgan fingerprint density at radius 3 is 1.82 bits per heavy atom. The van der Waals surface area contributed by atoms with E-state index in [1.54, 1.807) is 42.5 Å². The first-order chi connectivity index (χ1) is 18.8. The molecular formula is C30H21ClO8. The molecule has 0 radical (unpaired) electrons. The van der Waals surface area contributed by atoms with E-state index in [-0.39, 0.29) is 28.3 Å². The molecule has 0 aromatic heterocycles. The molecule has 4 aromatic carbocycles. The van der Waals surface area contributed by atoms with E-state index in [9.17, 15) is 29.4 Å². The second-order valence-corrected chi connectivity index (χ2v) is 8.54. The quantitative estimate of drug-likeness (QED) is 0.127. The number of aromatic hydroxyl groups is 2. The van der Waals surface area contributed by atoms with Crippen molar-refractivity contribution in [1.82, 2.24) is 0 Å². The summed E-state index contributed by atoms with van der Waals surface area (Å²) in [6, 6.07) is 21.1. The first-order valence-electron chi connectivity index (χ1n) is 11.7. The zero-order valence-corrected chi connectivity index (χ0v) is 21.3. The Morgan fingerprint density at radius 1 is 0.667 bits per heavy atom. The molecule has 8 nitrogen and oxygen atoms in total. The van der Waals surface area contributed by atoms with Gasteiger partial charge in [-0.2, -0.15) is 0 Å². The van der Waals surface area contributed by atoms with E-state index < -0.39 is 57.4 Å². The number of ketones is 2. The Kier molecular flexibility index (Phi) is 8.07. The summed E-state index contributed by atoms with van der Waals surface area (Å²) in [5.41, 5.74) is -2.10. The van der Waals surface area contributed by atoms with Crippen LogP contribution in [0.2, 0.25) is 5.02 Å². The third kappa shape index (κ3) is 5.37. The zero-order chi connectivity index (χ0) is 28.1. The van der Waals surface area contributed by atoms with Crippen LogP contribution in [0.15, 0.2) is 84.9 Å². The number of esters is 2. The normalized spacial score (nSPS) is 10.5. The van der Waals surface area contributed by atoms with Gasteiger partial charge in [-0.25, -0.2) is 9.59 Å². The van der Waals surface area contributed by atoms with Crippen molar-refractivity contribution in [2.45, 2.75) is 6.92 Å². The molecule has 2 N–H and O–H groups in total. The molecule has 0 saturated carbocycles. The van der Waals surface area contributed by atoms with Gasteiger partial charge in [0.2, 0.25) is 5.75 Å². The predicted octanol–water partition coefficient (Wildman–Crippen LogP) is 5.61. The van der Waals surface area contributed by atoms with E-state index in [0.717, 1.165) is 0 Å². The minimum absolute atomic E-state index is 0.0128. The van der Waals surface area contributed by atoms with Gasteiger partial charge in [-0.1, -0.05) is 72.3 Å². The SMILES string of the molecule is CCOC(=O)c1c(C(=O)c2ccccc2)c(O)c(O)c(OC(=O)c2ccccc2)c1C(=O)c1ccccc1Cl. The van der Waals surface area contributed by atoms with Crippen LogP contribution in [-0.4, -0.2) is 40.3 Å². The number of halogens is 1. The number of carbonyl (C=O) groups excluding carboxylic acids is 4. The molecule has 0 saturated heterocycles. The Bertz CT molecular complexity index is 1580. The van der Waals surface area contributed by atoms with Crippen LogP contribution in [0.1, 0.15) is 59.5 Å². The molecule has 9 heteroatoms. The first kappa shape index (κ1) is 27.1. The highest BCUT2D eigenvalue weighted by Crippen LogP contribution is 2.46. The lowest BCUT2D eigenvalue weighted by atomic mass is 9.88. The van der Waals surface area contributed by atoms with Gasteiger partial charge in [-0.15, -0.1) is 0 Å². The highest BCUT2D eigenvalue weighted by atomic mass is 35.5. The Labute approximate surface area is 228 Å². The number of ether oxygens (including phenoxy) is 2. The lowest BCUT2D eigenvalue weighted by molar-refractivity contribution is 0.0517. The molecule has 4 rings (SSSR count). The number of benzene rings is 4. The van der Waals surface area contributed by atoms with Crippen LogP contribution in [0.5, 0.6) is 17.2 Å². The Hall–Kier alpha value is -4.95. The second-order valence-electron chi connectivity index (χ2n) is 8.13. The van der Waals surface area contributed by atoms with Crippen molar-refractivity contribution in [2.24, 2.45) is 0 Å². The molecule has 0 unspecified atom stereocenters. The number of phenolic OH excluding ortho intramolecular Hbond substituents is 2. The van der Waals surface area contributed by atoms with Crippen LogP contribution in [0, 0.1) is 0 Å². The van der Waals surface area contributed by atoms with Crippen LogP contribution in [0.4, 0.5) is 0 Å². The fourth-order valence-electron chi connectivity index (χ4n) is 3.89. The highest BCUT2D eigenvalue weighted by molar-refractivity contribution is 6.36. The summed E-state index contributed by atoms with van der Waals surface area (Å²) < 4.78 is 10.5. The van der Waals surface area contributed by atoms with E-state index in [2.05, 4.69) is 0 Å². The van der Waals surface area contributed by atoms with E-state index >= 15 is 0 Å². The van der Waals surface area contributed by atoms with Crippen molar-refractivity contribution in [3.8, 4) is 17.2 Å². The zero-order valence-electron chi connectivity index (χ0n) is 20.5. The van der Waals surface area contributed by atoms with Gasteiger partial charge in [0.15, 0.2) is 23.1 Å². The second kappa shape index (κ2) is 11.6. The average Bonchev–Trinajstić information content (AvgIpc) is 2.96. The maximum absolute atomic E-state index is 13.9. The molecule has 0 spiro atoms. The van der Waals surface area contributed by atoms with Crippen molar-refractivity contribution >= 4 is 35.1 Å². The van der Waals surface area contributed by atoms with Gasteiger partial charge in [0.05, 0.1) is 33.9 Å². The molecule has 0 bridgehead atoms. The molecule has 0 aliphatic heterocycles. The fraction of sp³-hybridized carbons (Fsp3) is 0.0667. The summed E-state index contributed by atoms with van der Waals surface area (Å²) in [5.74, 6) is -7.02. The number of phenols is 2. The predicted molar refractivity (Wildman–Crippen MR) is 142 cm³/mol. The monoisotopic (exact) mass is 544 g/mol. The third-order valence-corrected chi connectivity index (χ3v) is 6.03. The van der Waals surface area contributed by atoms with Gasteiger partial charge in [0, 0.05) is 11.1 Å². The van der Waals surface area contributed by atoms with Crippen LogP contribution < -0.4 is 4.74 Å². The maximum Gasteiger partial charge on any atom is 0.343 e. The average molecular weight is 545 g/mol. The van der Waals surface area contributed by atoms with Crippen molar-refractivity contribution in [1.29, 1.82) is 0 Å². The minimum atomic E-state index is -1.17. The number of carbonyl (C=O) groups is 4. The van der Waals surface area contributed by atoms with Crippen molar-refractivity contribution in [3.63, 3.8) is 0 Å². The topological polar surface area (TPSA) is 127 Å². The summed E-state index contributed by atoms with van der Waals surface area (Å²) in [5, 5.41) is 22.0. The highest BCUT2D eigenvalue weighted by Gasteiger charge is 2.37. The van der Waals surface area contributed by atoms with Gasteiger partial charge in [0.1, 0.15) is 0 Å². The van der Waals surface area contributed by atoms with E-state index in [1.165, 1.54) is 49.4 Å². The van der Waals surface area contributed by atoms with E-state index in [4.69, 9.17) is 21.1 Å². The number of hydrogen-bond acceptors (Lipinski definition) is 8. The van der Waals surface area contributed by atoms with Crippen LogP contribution in [-0.2, 0) is 4.74 Å². The van der Waals surface area contributed by atoms with Crippen molar-refractivity contribution < 1.29 is 38.9 Å². The van der Waals surface area contributed by atoms with Crippen molar-refractivity contribution in [3.05, 3.63) is 123 Å². The molecule has 39 heavy (non-hydrogen) atoms. The lowest BCUT2D eigenvalue weighted by Gasteiger charge is -2.20. The van der Waals surface area contributed by atoms with Gasteiger partial charge in [0.25, 0.3) is 0 Å². The van der Waals surface area contributed by atoms with Crippen LogP contribution in [0.25, 0.3) is 0 Å². The number of rotatable bonds is 8. The van der Waals surface area contributed by atoms with E-state index in [0.29, 0.717) is 0 Å². The molecule has 0 aliphatic carbocycles.